The Labute approximate surface area is 115 Å². The summed E-state index contributed by atoms with van der Waals surface area (Å²) in [7, 11) is 0. The Morgan fingerprint density at radius 3 is 2.42 bits per heavy atom. The number of aromatic nitrogens is 2. The van der Waals surface area contributed by atoms with Crippen LogP contribution < -0.4 is 11.1 Å². The third-order valence-electron chi connectivity index (χ3n) is 2.47. The molecule has 1 amide bonds. The number of nitrogen functional groups attached to an aromatic ring is 1. The van der Waals surface area contributed by atoms with E-state index in [0.717, 1.165) is 11.4 Å². The molecule has 2 aromatic rings. The number of rotatable bonds is 2. The van der Waals surface area contributed by atoms with E-state index < -0.39 is 0 Å². The van der Waals surface area contributed by atoms with Crippen molar-refractivity contribution in [2.45, 2.75) is 13.8 Å². The highest BCUT2D eigenvalue weighted by molar-refractivity contribution is 6.33. The highest BCUT2D eigenvalue weighted by Gasteiger charge is 2.10. The van der Waals surface area contributed by atoms with Crippen LogP contribution >= 0.6 is 11.6 Å². The Morgan fingerprint density at radius 2 is 1.84 bits per heavy atom. The second-order valence-electron chi connectivity index (χ2n) is 4.16. The molecule has 0 spiro atoms. The number of amides is 1. The Balaban J connectivity index is 2.22. The first kappa shape index (κ1) is 13.3. The molecule has 98 valence electrons. The fraction of sp³-hybridized carbons (Fsp3) is 0.154. The van der Waals surface area contributed by atoms with E-state index in [-0.39, 0.29) is 11.9 Å². The number of carbonyl (C=O) groups is 1. The molecule has 0 fully saturated rings. The highest BCUT2D eigenvalue weighted by atomic mass is 35.5. The average molecular weight is 277 g/mol. The van der Waals surface area contributed by atoms with Crippen molar-refractivity contribution >= 4 is 29.1 Å². The van der Waals surface area contributed by atoms with Gasteiger partial charge in [0.1, 0.15) is 0 Å². The summed E-state index contributed by atoms with van der Waals surface area (Å²) < 4.78 is 0. The predicted molar refractivity (Wildman–Crippen MR) is 75.3 cm³/mol. The number of aryl methyl sites for hydroxylation is 2. The number of halogens is 1. The maximum atomic E-state index is 12.0. The Kier molecular flexibility index (Phi) is 3.66. The Hall–Kier alpha value is -2.14. The number of benzene rings is 1. The molecule has 0 aliphatic rings. The first-order chi connectivity index (χ1) is 8.95. The first-order valence-electron chi connectivity index (χ1n) is 5.64. The van der Waals surface area contributed by atoms with Gasteiger partial charge in [-0.3, -0.25) is 10.1 Å². The van der Waals surface area contributed by atoms with Crippen molar-refractivity contribution in [1.82, 2.24) is 9.97 Å². The summed E-state index contributed by atoms with van der Waals surface area (Å²) in [5, 5.41) is 3.04. The van der Waals surface area contributed by atoms with Crippen molar-refractivity contribution in [2.75, 3.05) is 11.1 Å². The molecule has 0 atom stereocenters. The van der Waals surface area contributed by atoms with Gasteiger partial charge in [-0.25, -0.2) is 9.97 Å². The summed E-state index contributed by atoms with van der Waals surface area (Å²) in [6, 6.07) is 6.51. The van der Waals surface area contributed by atoms with Crippen LogP contribution in [0.15, 0.2) is 24.3 Å². The van der Waals surface area contributed by atoms with Gasteiger partial charge in [-0.15, -0.1) is 0 Å². The third kappa shape index (κ3) is 3.20. The van der Waals surface area contributed by atoms with Gasteiger partial charge in [-0.2, -0.15) is 0 Å². The van der Waals surface area contributed by atoms with Gasteiger partial charge in [0.15, 0.2) is 0 Å². The van der Waals surface area contributed by atoms with Gasteiger partial charge < -0.3 is 5.73 Å². The van der Waals surface area contributed by atoms with Crippen molar-refractivity contribution in [3.05, 3.63) is 46.2 Å². The van der Waals surface area contributed by atoms with Crippen LogP contribution in [0.4, 0.5) is 11.6 Å². The summed E-state index contributed by atoms with van der Waals surface area (Å²) >= 11 is 5.81. The lowest BCUT2D eigenvalue weighted by Crippen LogP contribution is -2.15. The van der Waals surface area contributed by atoms with E-state index >= 15 is 0 Å². The second-order valence-corrected chi connectivity index (χ2v) is 4.57. The van der Waals surface area contributed by atoms with Crippen LogP contribution in [0.25, 0.3) is 0 Å². The maximum absolute atomic E-state index is 12.0. The summed E-state index contributed by atoms with van der Waals surface area (Å²) in [6.07, 6.45) is 0. The molecule has 0 radical (unpaired) electrons. The molecule has 6 heteroatoms. The Morgan fingerprint density at radius 1 is 1.21 bits per heavy atom. The van der Waals surface area contributed by atoms with Crippen LogP contribution in [-0.4, -0.2) is 15.9 Å². The molecule has 0 saturated carbocycles. The monoisotopic (exact) mass is 276 g/mol. The van der Waals surface area contributed by atoms with E-state index in [9.17, 15) is 4.79 Å². The van der Waals surface area contributed by atoms with Gasteiger partial charge in [0, 0.05) is 17.0 Å². The van der Waals surface area contributed by atoms with Crippen LogP contribution in [0.2, 0.25) is 5.02 Å². The lowest BCUT2D eigenvalue weighted by Gasteiger charge is -2.06. The van der Waals surface area contributed by atoms with E-state index in [1.807, 2.05) is 19.9 Å². The number of nitrogens with two attached hydrogens (primary N) is 1. The quantitative estimate of drug-likeness (QED) is 0.826. The van der Waals surface area contributed by atoms with Gasteiger partial charge in [0.2, 0.25) is 5.95 Å². The standard InChI is InChI=1S/C13H13ClN4O/c1-7-5-8(2)17-13(16-7)18-12(19)9-3-4-10(14)11(15)6-9/h3-6H,15H2,1-2H3,(H,16,17,18,19). The van der Waals surface area contributed by atoms with E-state index in [1.165, 1.54) is 6.07 Å². The highest BCUT2D eigenvalue weighted by Crippen LogP contribution is 2.19. The van der Waals surface area contributed by atoms with Crippen LogP contribution in [-0.2, 0) is 0 Å². The summed E-state index contributed by atoms with van der Waals surface area (Å²) in [6.45, 7) is 3.68. The largest absolute Gasteiger partial charge is 0.398 e. The van der Waals surface area contributed by atoms with Crippen LogP contribution in [0.5, 0.6) is 0 Å². The lowest BCUT2D eigenvalue weighted by molar-refractivity contribution is 0.102. The zero-order valence-corrected chi connectivity index (χ0v) is 11.3. The summed E-state index contributed by atoms with van der Waals surface area (Å²) in [5.74, 6) is -0.0515. The number of nitrogens with one attached hydrogen (secondary N) is 1. The summed E-state index contributed by atoms with van der Waals surface area (Å²) in [4.78, 5) is 20.3. The molecule has 3 N–H and O–H groups in total. The SMILES string of the molecule is Cc1cc(C)nc(NC(=O)c2ccc(Cl)c(N)c2)n1. The molecule has 5 nitrogen and oxygen atoms in total. The fourth-order valence-electron chi connectivity index (χ4n) is 1.64. The molecule has 1 aromatic heterocycles. The molecular formula is C13H13ClN4O. The summed E-state index contributed by atoms with van der Waals surface area (Å²) in [5.41, 5.74) is 8.00. The van der Waals surface area contributed by atoms with Gasteiger partial charge in [-0.05, 0) is 38.1 Å². The zero-order chi connectivity index (χ0) is 14.0. The minimum Gasteiger partial charge on any atom is -0.398 e. The molecule has 2 rings (SSSR count). The third-order valence-corrected chi connectivity index (χ3v) is 2.81. The van der Waals surface area contributed by atoms with Gasteiger partial charge in [0.25, 0.3) is 5.91 Å². The Bertz CT molecular complexity index is 622. The van der Waals surface area contributed by atoms with Crippen molar-refractivity contribution < 1.29 is 4.79 Å². The van der Waals surface area contributed by atoms with E-state index in [4.69, 9.17) is 17.3 Å². The molecule has 19 heavy (non-hydrogen) atoms. The van der Waals surface area contributed by atoms with Crippen LogP contribution in [0, 0.1) is 13.8 Å². The smallest absolute Gasteiger partial charge is 0.258 e. The van der Waals surface area contributed by atoms with Crippen LogP contribution in [0.1, 0.15) is 21.7 Å². The van der Waals surface area contributed by atoms with Crippen LogP contribution in [0.3, 0.4) is 0 Å². The van der Waals surface area contributed by atoms with E-state index in [2.05, 4.69) is 15.3 Å². The molecule has 0 aliphatic carbocycles. The molecule has 0 saturated heterocycles. The van der Waals surface area contributed by atoms with E-state index in [0.29, 0.717) is 16.3 Å². The lowest BCUT2D eigenvalue weighted by atomic mass is 10.2. The van der Waals surface area contributed by atoms with Gasteiger partial charge in [0.05, 0.1) is 10.7 Å². The zero-order valence-electron chi connectivity index (χ0n) is 10.6. The molecule has 0 bridgehead atoms. The number of hydrogen-bond acceptors (Lipinski definition) is 4. The van der Waals surface area contributed by atoms with Crippen molar-refractivity contribution in [3.63, 3.8) is 0 Å². The number of hydrogen-bond donors (Lipinski definition) is 2. The number of anilines is 2. The molecule has 0 unspecified atom stereocenters. The molecule has 1 heterocycles. The van der Waals surface area contributed by atoms with Gasteiger partial charge in [-0.1, -0.05) is 11.6 Å². The van der Waals surface area contributed by atoms with Crippen molar-refractivity contribution in [1.29, 1.82) is 0 Å². The topological polar surface area (TPSA) is 80.9 Å². The number of nitrogens with zero attached hydrogens (tertiary/aromatic N) is 2. The molecule has 0 aliphatic heterocycles. The number of carbonyl (C=O) groups excluding carboxylic acids is 1. The molecule has 1 aromatic carbocycles. The normalized spacial score (nSPS) is 10.3. The van der Waals surface area contributed by atoms with Gasteiger partial charge >= 0.3 is 0 Å². The van der Waals surface area contributed by atoms with Crippen molar-refractivity contribution in [3.8, 4) is 0 Å². The molecular weight excluding hydrogens is 264 g/mol. The van der Waals surface area contributed by atoms with Crippen molar-refractivity contribution in [2.24, 2.45) is 0 Å². The average Bonchev–Trinajstić information content (AvgIpc) is 2.31. The maximum Gasteiger partial charge on any atom is 0.258 e. The second kappa shape index (κ2) is 5.24. The van der Waals surface area contributed by atoms with E-state index in [1.54, 1.807) is 12.1 Å². The first-order valence-corrected chi connectivity index (χ1v) is 6.02. The predicted octanol–water partition coefficient (Wildman–Crippen LogP) is 2.58. The fourth-order valence-corrected chi connectivity index (χ4v) is 1.76. The minimum absolute atomic E-state index is 0.274. The minimum atomic E-state index is -0.326.